The molecule has 2 heterocycles. The minimum absolute atomic E-state index is 0.435. The van der Waals surface area contributed by atoms with Crippen molar-refractivity contribution in [3.05, 3.63) is 48.4 Å². The molecule has 2 N–H and O–H groups in total. The first-order chi connectivity index (χ1) is 9.24. The molecule has 3 rings (SSSR count). The van der Waals surface area contributed by atoms with Crippen LogP contribution in [0.5, 0.6) is 0 Å². The molecule has 0 unspecified atom stereocenters. The number of hydrogen-bond donors (Lipinski definition) is 1. The van der Waals surface area contributed by atoms with Crippen molar-refractivity contribution < 1.29 is 4.42 Å². The van der Waals surface area contributed by atoms with Crippen molar-refractivity contribution in [2.24, 2.45) is 0 Å². The van der Waals surface area contributed by atoms with Gasteiger partial charge in [0.05, 0.1) is 23.6 Å². The summed E-state index contributed by atoms with van der Waals surface area (Å²) in [4.78, 5) is 10.9. The molecule has 0 fully saturated rings. The number of rotatable bonds is 3. The SMILES string of the molecule is CN(Cc1ccoc1)c1nc2ccccc2nc1N. The first kappa shape index (κ1) is 11.5. The van der Waals surface area contributed by atoms with Gasteiger partial charge in [-0.15, -0.1) is 0 Å². The van der Waals surface area contributed by atoms with E-state index in [2.05, 4.69) is 9.97 Å². The van der Waals surface area contributed by atoms with Gasteiger partial charge in [0.15, 0.2) is 11.6 Å². The van der Waals surface area contributed by atoms with Crippen molar-refractivity contribution in [1.82, 2.24) is 9.97 Å². The minimum Gasteiger partial charge on any atom is -0.472 e. The number of nitrogens with two attached hydrogens (primary N) is 1. The molecule has 5 nitrogen and oxygen atoms in total. The summed E-state index contributed by atoms with van der Waals surface area (Å²) in [5.74, 6) is 1.12. The Kier molecular flexibility index (Phi) is 2.79. The van der Waals surface area contributed by atoms with Crippen molar-refractivity contribution in [1.29, 1.82) is 0 Å². The Morgan fingerprint density at radius 3 is 2.58 bits per heavy atom. The van der Waals surface area contributed by atoms with Crippen LogP contribution in [-0.4, -0.2) is 17.0 Å². The lowest BCUT2D eigenvalue weighted by Gasteiger charge is -2.18. The number of aromatic nitrogens is 2. The molecule has 5 heteroatoms. The van der Waals surface area contributed by atoms with E-state index in [1.54, 1.807) is 12.5 Å². The monoisotopic (exact) mass is 254 g/mol. The maximum Gasteiger partial charge on any atom is 0.172 e. The highest BCUT2D eigenvalue weighted by molar-refractivity contribution is 5.79. The molecule has 0 saturated carbocycles. The third-order valence-electron chi connectivity index (χ3n) is 2.94. The summed E-state index contributed by atoms with van der Waals surface area (Å²) in [5.41, 5.74) is 8.69. The van der Waals surface area contributed by atoms with Gasteiger partial charge < -0.3 is 15.1 Å². The molecule has 1 aromatic carbocycles. The van der Waals surface area contributed by atoms with Crippen LogP contribution in [0.2, 0.25) is 0 Å². The van der Waals surface area contributed by atoms with E-state index in [0.29, 0.717) is 18.2 Å². The van der Waals surface area contributed by atoms with Crippen LogP contribution in [-0.2, 0) is 6.54 Å². The molecule has 0 radical (unpaired) electrons. The van der Waals surface area contributed by atoms with Crippen molar-refractivity contribution in [3.63, 3.8) is 0 Å². The fraction of sp³-hybridized carbons (Fsp3) is 0.143. The van der Waals surface area contributed by atoms with Crippen molar-refractivity contribution in [3.8, 4) is 0 Å². The van der Waals surface area contributed by atoms with Gasteiger partial charge in [0.1, 0.15) is 0 Å². The average molecular weight is 254 g/mol. The van der Waals surface area contributed by atoms with Gasteiger partial charge >= 0.3 is 0 Å². The zero-order valence-electron chi connectivity index (χ0n) is 10.6. The van der Waals surface area contributed by atoms with Gasteiger partial charge in [0, 0.05) is 19.2 Å². The Hall–Kier alpha value is -2.56. The van der Waals surface area contributed by atoms with E-state index >= 15 is 0 Å². The predicted octanol–water partition coefficient (Wildman–Crippen LogP) is 2.44. The van der Waals surface area contributed by atoms with Gasteiger partial charge in [0.2, 0.25) is 0 Å². The second-order valence-electron chi connectivity index (χ2n) is 4.41. The Morgan fingerprint density at radius 2 is 1.89 bits per heavy atom. The molecule has 19 heavy (non-hydrogen) atoms. The van der Waals surface area contributed by atoms with E-state index in [0.717, 1.165) is 16.6 Å². The summed E-state index contributed by atoms with van der Waals surface area (Å²) in [7, 11) is 1.93. The van der Waals surface area contributed by atoms with E-state index in [9.17, 15) is 0 Å². The van der Waals surface area contributed by atoms with Crippen LogP contribution in [0.1, 0.15) is 5.56 Å². The third kappa shape index (κ3) is 2.22. The summed E-state index contributed by atoms with van der Waals surface area (Å²) in [5, 5.41) is 0. The summed E-state index contributed by atoms with van der Waals surface area (Å²) in [6.45, 7) is 0.674. The quantitative estimate of drug-likeness (QED) is 0.777. The van der Waals surface area contributed by atoms with Crippen LogP contribution >= 0.6 is 0 Å². The Labute approximate surface area is 110 Å². The van der Waals surface area contributed by atoms with Crippen molar-refractivity contribution in [2.45, 2.75) is 6.54 Å². The molecule has 0 spiro atoms. The minimum atomic E-state index is 0.435. The summed E-state index contributed by atoms with van der Waals surface area (Å²) < 4.78 is 5.06. The van der Waals surface area contributed by atoms with Crippen molar-refractivity contribution in [2.75, 3.05) is 17.7 Å². The molecule has 0 aliphatic rings. The van der Waals surface area contributed by atoms with E-state index < -0.39 is 0 Å². The van der Waals surface area contributed by atoms with Gasteiger partial charge in [0.25, 0.3) is 0 Å². The Morgan fingerprint density at radius 1 is 1.16 bits per heavy atom. The summed E-state index contributed by atoms with van der Waals surface area (Å²) in [6, 6.07) is 9.61. The maximum atomic E-state index is 5.98. The molecular weight excluding hydrogens is 240 g/mol. The Balaban J connectivity index is 1.97. The van der Waals surface area contributed by atoms with Gasteiger partial charge in [-0.25, -0.2) is 9.97 Å². The number of fused-ring (bicyclic) bond motifs is 1. The topological polar surface area (TPSA) is 68.2 Å². The van der Waals surface area contributed by atoms with E-state index in [-0.39, 0.29) is 0 Å². The van der Waals surface area contributed by atoms with Crippen LogP contribution in [0.15, 0.2) is 47.3 Å². The van der Waals surface area contributed by atoms with E-state index in [1.807, 2.05) is 42.3 Å². The normalized spacial score (nSPS) is 10.8. The maximum absolute atomic E-state index is 5.98. The predicted molar refractivity (Wildman–Crippen MR) is 74.8 cm³/mol. The first-order valence-electron chi connectivity index (χ1n) is 5.98. The lowest BCUT2D eigenvalue weighted by molar-refractivity contribution is 0.563. The van der Waals surface area contributed by atoms with Crippen LogP contribution in [0, 0.1) is 0 Å². The number of anilines is 2. The smallest absolute Gasteiger partial charge is 0.172 e. The number of para-hydroxylation sites is 2. The largest absolute Gasteiger partial charge is 0.472 e. The first-order valence-corrected chi connectivity index (χ1v) is 5.98. The van der Waals surface area contributed by atoms with Gasteiger partial charge in [-0.1, -0.05) is 12.1 Å². The number of nitrogen functional groups attached to an aromatic ring is 1. The molecule has 0 amide bonds. The van der Waals surface area contributed by atoms with Gasteiger partial charge in [-0.05, 0) is 18.2 Å². The lowest BCUT2D eigenvalue weighted by atomic mass is 10.3. The van der Waals surface area contributed by atoms with Gasteiger partial charge in [-0.2, -0.15) is 0 Å². The molecule has 0 aliphatic carbocycles. The lowest BCUT2D eigenvalue weighted by Crippen LogP contribution is -2.19. The third-order valence-corrected chi connectivity index (χ3v) is 2.94. The standard InChI is InChI=1S/C14H14N4O/c1-18(8-10-6-7-19-9-10)14-13(15)16-11-4-2-3-5-12(11)17-14/h2-7,9H,8H2,1H3,(H2,15,16). The van der Waals surface area contributed by atoms with Gasteiger partial charge in [-0.3, -0.25) is 0 Å². The van der Waals surface area contributed by atoms with Crippen LogP contribution in [0.4, 0.5) is 11.6 Å². The van der Waals surface area contributed by atoms with Crippen LogP contribution < -0.4 is 10.6 Å². The zero-order chi connectivity index (χ0) is 13.2. The molecule has 0 atom stereocenters. The van der Waals surface area contributed by atoms with E-state index in [4.69, 9.17) is 10.2 Å². The van der Waals surface area contributed by atoms with E-state index in [1.165, 1.54) is 0 Å². The fourth-order valence-electron chi connectivity index (χ4n) is 2.02. The molecule has 0 bridgehead atoms. The van der Waals surface area contributed by atoms with Crippen molar-refractivity contribution >= 4 is 22.7 Å². The molecule has 0 aliphatic heterocycles. The summed E-state index contributed by atoms with van der Waals surface area (Å²) in [6.07, 6.45) is 3.36. The number of nitrogens with zero attached hydrogens (tertiary/aromatic N) is 3. The molecule has 0 saturated heterocycles. The van der Waals surface area contributed by atoms with Crippen LogP contribution in [0.3, 0.4) is 0 Å². The molecule has 96 valence electrons. The molecule has 2 aromatic heterocycles. The highest BCUT2D eigenvalue weighted by atomic mass is 16.3. The fourth-order valence-corrected chi connectivity index (χ4v) is 2.02. The molecular formula is C14H14N4O. The average Bonchev–Trinajstić information content (AvgIpc) is 2.90. The second kappa shape index (κ2) is 4.61. The van der Waals surface area contributed by atoms with Crippen LogP contribution in [0.25, 0.3) is 11.0 Å². The number of furan rings is 1. The highest BCUT2D eigenvalue weighted by Gasteiger charge is 2.11. The number of benzene rings is 1. The number of hydrogen-bond acceptors (Lipinski definition) is 5. The second-order valence-corrected chi connectivity index (χ2v) is 4.41. The Bertz CT molecular complexity index is 694. The highest BCUT2D eigenvalue weighted by Crippen LogP contribution is 2.22. The summed E-state index contributed by atoms with van der Waals surface area (Å²) >= 11 is 0. The zero-order valence-corrected chi connectivity index (χ0v) is 10.6. The molecule has 3 aromatic rings.